The molecule has 5 rings (SSSR count). The van der Waals surface area contributed by atoms with E-state index in [1.54, 1.807) is 32.0 Å². The topological polar surface area (TPSA) is 139 Å². The van der Waals surface area contributed by atoms with Gasteiger partial charge in [-0.15, -0.1) is 21.5 Å². The molecular formula is C25H18FN5O5S3. The van der Waals surface area contributed by atoms with Crippen LogP contribution >= 0.6 is 34.4 Å². The summed E-state index contributed by atoms with van der Waals surface area (Å²) in [5.41, 5.74) is 0.932. The molecule has 2 aromatic heterocycles. The summed E-state index contributed by atoms with van der Waals surface area (Å²) in [5.74, 6) is -2.26. The van der Waals surface area contributed by atoms with Crippen molar-refractivity contribution in [3.63, 3.8) is 0 Å². The number of aliphatic hydroxyl groups is 1. The number of nitro benzene ring substituents is 1. The van der Waals surface area contributed by atoms with Gasteiger partial charge in [0.05, 0.1) is 32.1 Å². The third-order valence-electron chi connectivity index (χ3n) is 5.89. The quantitative estimate of drug-likeness (QED) is 0.0905. The Hall–Kier alpha value is -4.01. The Labute approximate surface area is 233 Å². The lowest BCUT2D eigenvalue weighted by atomic mass is 9.95. The number of carbonyl (C=O) groups is 2. The molecule has 3 heterocycles. The zero-order chi connectivity index (χ0) is 27.8. The van der Waals surface area contributed by atoms with E-state index in [2.05, 4.69) is 15.2 Å². The predicted octanol–water partition coefficient (Wildman–Crippen LogP) is 5.73. The first kappa shape index (κ1) is 26.6. The Morgan fingerprint density at radius 3 is 2.51 bits per heavy atom. The van der Waals surface area contributed by atoms with E-state index in [-0.39, 0.29) is 32.8 Å². The van der Waals surface area contributed by atoms with Gasteiger partial charge in [-0.1, -0.05) is 41.3 Å². The van der Waals surface area contributed by atoms with E-state index in [0.717, 1.165) is 27.6 Å². The molecule has 1 amide bonds. The summed E-state index contributed by atoms with van der Waals surface area (Å²) in [6.07, 6.45) is 0. The van der Waals surface area contributed by atoms with Crippen molar-refractivity contribution in [2.75, 3.05) is 4.90 Å². The molecule has 2 aromatic carbocycles. The Balaban J connectivity index is 1.53. The van der Waals surface area contributed by atoms with Gasteiger partial charge in [0.1, 0.15) is 5.82 Å². The summed E-state index contributed by atoms with van der Waals surface area (Å²) in [6, 6.07) is 10.6. The van der Waals surface area contributed by atoms with Gasteiger partial charge in [-0.05, 0) is 43.2 Å². The molecule has 1 N–H and O–H groups in total. The van der Waals surface area contributed by atoms with E-state index < -0.39 is 28.4 Å². The lowest BCUT2D eigenvalue weighted by Crippen LogP contribution is -2.31. The second kappa shape index (κ2) is 10.6. The van der Waals surface area contributed by atoms with Crippen LogP contribution in [0.2, 0.25) is 0 Å². The largest absolute Gasteiger partial charge is 0.503 e. The minimum Gasteiger partial charge on any atom is -0.503 e. The molecule has 1 unspecified atom stereocenters. The number of amides is 1. The third-order valence-corrected chi connectivity index (χ3v) is 9.07. The number of hydrogen-bond acceptors (Lipinski definition) is 11. The number of benzene rings is 2. The number of non-ortho nitro benzene ring substituents is 1. The summed E-state index contributed by atoms with van der Waals surface area (Å²) in [4.78, 5) is 43.4. The van der Waals surface area contributed by atoms with Crippen molar-refractivity contribution < 1.29 is 24.0 Å². The van der Waals surface area contributed by atoms with Crippen LogP contribution in [0, 0.1) is 29.8 Å². The lowest BCUT2D eigenvalue weighted by molar-refractivity contribution is -0.384. The summed E-state index contributed by atoms with van der Waals surface area (Å²) in [7, 11) is 0. The fourth-order valence-corrected chi connectivity index (χ4v) is 6.83. The van der Waals surface area contributed by atoms with Crippen LogP contribution in [0.3, 0.4) is 0 Å². The van der Waals surface area contributed by atoms with Gasteiger partial charge in [-0.25, -0.2) is 9.37 Å². The first-order valence-corrected chi connectivity index (χ1v) is 14.0. The monoisotopic (exact) mass is 583 g/mol. The van der Waals surface area contributed by atoms with Crippen LogP contribution in [0.1, 0.15) is 37.5 Å². The van der Waals surface area contributed by atoms with Crippen molar-refractivity contribution in [3.8, 4) is 0 Å². The summed E-state index contributed by atoms with van der Waals surface area (Å²) < 4.78 is 14.5. The van der Waals surface area contributed by atoms with Gasteiger partial charge >= 0.3 is 0 Å². The summed E-state index contributed by atoms with van der Waals surface area (Å²) in [6.45, 7) is 3.40. The van der Waals surface area contributed by atoms with Gasteiger partial charge in [-0.2, -0.15) is 0 Å². The number of thioether (sulfide) groups is 1. The van der Waals surface area contributed by atoms with Crippen LogP contribution in [-0.4, -0.2) is 36.9 Å². The third kappa shape index (κ3) is 5.05. The minimum atomic E-state index is -1.12. The molecule has 1 atom stereocenters. The van der Waals surface area contributed by atoms with Gasteiger partial charge in [0.2, 0.25) is 10.9 Å². The second-order valence-corrected chi connectivity index (χ2v) is 11.8. The van der Waals surface area contributed by atoms with Gasteiger partial charge < -0.3 is 5.11 Å². The molecule has 0 radical (unpaired) electrons. The molecule has 0 fully saturated rings. The van der Waals surface area contributed by atoms with Crippen molar-refractivity contribution >= 4 is 56.9 Å². The molecule has 0 aliphatic carbocycles. The van der Waals surface area contributed by atoms with Crippen molar-refractivity contribution in [2.45, 2.75) is 30.0 Å². The van der Waals surface area contributed by atoms with Crippen molar-refractivity contribution in [2.24, 2.45) is 0 Å². The van der Waals surface area contributed by atoms with Crippen LogP contribution in [0.25, 0.3) is 0 Å². The Morgan fingerprint density at radius 2 is 1.87 bits per heavy atom. The molecule has 0 bridgehead atoms. The maximum absolute atomic E-state index is 14.0. The fourth-order valence-electron chi connectivity index (χ4n) is 4.11. The first-order chi connectivity index (χ1) is 18.7. The highest BCUT2D eigenvalue weighted by Crippen LogP contribution is 2.44. The number of hydrogen-bond donors (Lipinski definition) is 1. The number of thiazole rings is 1. The maximum Gasteiger partial charge on any atom is 0.296 e. The van der Waals surface area contributed by atoms with Crippen molar-refractivity contribution in [3.05, 3.63) is 103 Å². The van der Waals surface area contributed by atoms with Crippen LogP contribution in [0.4, 0.5) is 15.2 Å². The Kier molecular flexibility index (Phi) is 7.25. The zero-order valence-electron chi connectivity index (χ0n) is 20.3. The normalized spacial score (nSPS) is 15.3. The van der Waals surface area contributed by atoms with E-state index in [9.17, 15) is 29.2 Å². The smallest absolute Gasteiger partial charge is 0.296 e. The standard InChI is InChI=1S/C25H18FN5O5S3/c1-12-22(38-13(2)27-12)20(32)18-19(14-7-9-16(10-8-14)31(35)36)30(23(34)21(18)33)24-28-29-25(39-24)37-11-15-5-3-4-6-17(15)26/h3-10,19,33H,11H2,1-2H3. The molecule has 198 valence electrons. The van der Waals surface area contributed by atoms with Gasteiger partial charge in [0.15, 0.2) is 10.1 Å². The molecule has 10 nitrogen and oxygen atoms in total. The summed E-state index contributed by atoms with van der Waals surface area (Å²) >= 11 is 3.40. The highest BCUT2D eigenvalue weighted by Gasteiger charge is 2.46. The number of carbonyl (C=O) groups excluding carboxylic acids is 2. The highest BCUT2D eigenvalue weighted by molar-refractivity contribution is 8.00. The molecule has 14 heteroatoms. The van der Waals surface area contributed by atoms with E-state index in [1.807, 2.05) is 0 Å². The van der Waals surface area contributed by atoms with Crippen LogP contribution in [0.5, 0.6) is 0 Å². The van der Waals surface area contributed by atoms with Gasteiger partial charge in [0, 0.05) is 17.9 Å². The molecular weight excluding hydrogens is 566 g/mol. The number of nitro groups is 1. The summed E-state index contributed by atoms with van der Waals surface area (Å²) in [5, 5.41) is 31.1. The molecule has 0 spiro atoms. The Bertz CT molecular complexity index is 1650. The number of anilines is 1. The predicted molar refractivity (Wildman–Crippen MR) is 145 cm³/mol. The van der Waals surface area contributed by atoms with Gasteiger partial charge in [0.25, 0.3) is 11.6 Å². The van der Waals surface area contributed by atoms with Crippen LogP contribution < -0.4 is 4.90 Å². The number of nitrogens with zero attached hydrogens (tertiary/aromatic N) is 5. The zero-order valence-corrected chi connectivity index (χ0v) is 22.8. The van der Waals surface area contributed by atoms with E-state index in [1.165, 1.54) is 42.1 Å². The second-order valence-electron chi connectivity index (χ2n) is 8.40. The first-order valence-electron chi connectivity index (χ1n) is 11.3. The minimum absolute atomic E-state index is 0.103. The maximum atomic E-state index is 14.0. The molecule has 39 heavy (non-hydrogen) atoms. The van der Waals surface area contributed by atoms with E-state index in [4.69, 9.17) is 0 Å². The SMILES string of the molecule is Cc1nc(C)c(C(=O)C2=C(O)C(=O)N(c3nnc(SCc4ccccc4F)s3)C2c2ccc([N+](=O)[O-])cc2)s1. The number of rotatable bonds is 8. The molecule has 1 aliphatic rings. The van der Waals surface area contributed by atoms with Crippen molar-refractivity contribution in [1.29, 1.82) is 0 Å². The number of aliphatic hydroxyl groups excluding tert-OH is 1. The van der Waals surface area contributed by atoms with E-state index >= 15 is 0 Å². The Morgan fingerprint density at radius 1 is 1.15 bits per heavy atom. The fraction of sp³-hybridized carbons (Fsp3) is 0.160. The number of ketones is 1. The molecule has 1 aliphatic heterocycles. The van der Waals surface area contributed by atoms with Crippen molar-refractivity contribution in [1.82, 2.24) is 15.2 Å². The number of aromatic nitrogens is 3. The number of halogens is 1. The lowest BCUT2D eigenvalue weighted by Gasteiger charge is -2.23. The molecule has 0 saturated heterocycles. The van der Waals surface area contributed by atoms with E-state index in [0.29, 0.717) is 26.2 Å². The molecule has 4 aromatic rings. The van der Waals surface area contributed by atoms with Crippen LogP contribution in [-0.2, 0) is 10.5 Å². The number of aryl methyl sites for hydroxylation is 2. The average molecular weight is 584 g/mol. The molecule has 0 saturated carbocycles. The highest BCUT2D eigenvalue weighted by atomic mass is 32.2. The van der Waals surface area contributed by atoms with Gasteiger partial charge in [-0.3, -0.25) is 24.6 Å². The average Bonchev–Trinajstić information content (AvgIpc) is 3.59. The van der Waals surface area contributed by atoms with Crippen LogP contribution in [0.15, 0.2) is 64.2 Å². The number of Topliss-reactive ketones (excluding diaryl/α,β-unsaturated/α-hetero) is 1.